The first-order valence-corrected chi connectivity index (χ1v) is 7.76. The van der Waals surface area contributed by atoms with E-state index < -0.39 is 35.8 Å². The molecule has 0 atom stereocenters. The molecule has 1 amide bonds. The van der Waals surface area contributed by atoms with Gasteiger partial charge in [0, 0.05) is 11.6 Å². The first-order valence-electron chi connectivity index (χ1n) is 7.76. The molecule has 0 unspecified atom stereocenters. The summed E-state index contributed by atoms with van der Waals surface area (Å²) in [6.07, 6.45) is 2.52. The summed E-state index contributed by atoms with van der Waals surface area (Å²) in [5, 5.41) is 2.01. The molecule has 1 N–H and O–H groups in total. The van der Waals surface area contributed by atoms with E-state index in [1.807, 2.05) is 5.32 Å². The predicted molar refractivity (Wildman–Crippen MR) is 94.5 cm³/mol. The zero-order valence-electron chi connectivity index (χ0n) is 14.6. The third kappa shape index (κ3) is 5.27. The lowest BCUT2D eigenvalue weighted by Crippen LogP contribution is -2.21. The number of para-hydroxylation sites is 2. The van der Waals surface area contributed by atoms with E-state index >= 15 is 0 Å². The summed E-state index contributed by atoms with van der Waals surface area (Å²) >= 11 is 0. The number of methoxy groups -OCH3 is 2. The Hall–Kier alpha value is -3.42. The molecule has 0 bridgehead atoms. The second-order valence-corrected chi connectivity index (χ2v) is 5.17. The van der Waals surface area contributed by atoms with Crippen molar-refractivity contribution in [1.29, 1.82) is 0 Å². The highest BCUT2D eigenvalue weighted by atomic mass is 19.1. The maximum absolute atomic E-state index is 13.5. The summed E-state index contributed by atoms with van der Waals surface area (Å²) < 4.78 is 42.0. The molecule has 0 aliphatic carbocycles. The average molecular weight is 377 g/mol. The Bertz CT molecular complexity index is 847. The third-order valence-corrected chi connectivity index (χ3v) is 3.41. The van der Waals surface area contributed by atoms with E-state index in [1.54, 1.807) is 18.2 Å². The zero-order valence-corrected chi connectivity index (χ0v) is 14.6. The molecular formula is C19H17F2NO5. The molecule has 0 radical (unpaired) electrons. The number of esters is 1. The number of carbonyl (C=O) groups is 2. The SMILES string of the molecule is COc1cccc(/C=C/C(=O)OCC(=O)Nc2c(F)cccc2F)c1OC. The monoisotopic (exact) mass is 377 g/mol. The summed E-state index contributed by atoms with van der Waals surface area (Å²) in [7, 11) is 2.94. The van der Waals surface area contributed by atoms with Gasteiger partial charge in [-0.1, -0.05) is 18.2 Å². The van der Waals surface area contributed by atoms with Crippen LogP contribution in [0, 0.1) is 11.6 Å². The summed E-state index contributed by atoms with van der Waals surface area (Å²) in [4.78, 5) is 23.4. The fraction of sp³-hybridized carbons (Fsp3) is 0.158. The van der Waals surface area contributed by atoms with E-state index in [1.165, 1.54) is 20.3 Å². The molecule has 0 spiro atoms. The number of anilines is 1. The molecule has 27 heavy (non-hydrogen) atoms. The van der Waals surface area contributed by atoms with Gasteiger partial charge in [-0.15, -0.1) is 0 Å². The molecular weight excluding hydrogens is 360 g/mol. The van der Waals surface area contributed by atoms with Crippen LogP contribution in [-0.2, 0) is 14.3 Å². The molecule has 0 saturated heterocycles. The van der Waals surface area contributed by atoms with Crippen molar-refractivity contribution in [3.8, 4) is 11.5 Å². The van der Waals surface area contributed by atoms with Crippen molar-refractivity contribution in [2.75, 3.05) is 26.1 Å². The van der Waals surface area contributed by atoms with E-state index in [4.69, 9.17) is 14.2 Å². The van der Waals surface area contributed by atoms with E-state index in [0.29, 0.717) is 17.1 Å². The van der Waals surface area contributed by atoms with E-state index in [0.717, 1.165) is 24.3 Å². The van der Waals surface area contributed by atoms with Gasteiger partial charge in [0.05, 0.1) is 14.2 Å². The Morgan fingerprint density at radius 2 is 1.70 bits per heavy atom. The molecule has 0 fully saturated rings. The number of nitrogens with one attached hydrogen (secondary N) is 1. The predicted octanol–water partition coefficient (Wildman–Crippen LogP) is 3.18. The van der Waals surface area contributed by atoms with Crippen LogP contribution in [0.3, 0.4) is 0 Å². The Morgan fingerprint density at radius 1 is 1.04 bits per heavy atom. The minimum absolute atomic E-state index is 0.428. The number of rotatable bonds is 7. The van der Waals surface area contributed by atoms with Crippen LogP contribution < -0.4 is 14.8 Å². The highest BCUT2D eigenvalue weighted by Gasteiger charge is 2.13. The van der Waals surface area contributed by atoms with Crippen LogP contribution in [0.2, 0.25) is 0 Å². The summed E-state index contributed by atoms with van der Waals surface area (Å²) in [5.41, 5.74) is -0.0399. The third-order valence-electron chi connectivity index (χ3n) is 3.41. The Balaban J connectivity index is 1.95. The van der Waals surface area contributed by atoms with Crippen LogP contribution >= 0.6 is 0 Å². The highest BCUT2D eigenvalue weighted by Crippen LogP contribution is 2.31. The van der Waals surface area contributed by atoms with Gasteiger partial charge in [-0.05, 0) is 24.3 Å². The second kappa shape index (κ2) is 9.33. The highest BCUT2D eigenvalue weighted by molar-refractivity contribution is 5.95. The lowest BCUT2D eigenvalue weighted by Gasteiger charge is -2.09. The van der Waals surface area contributed by atoms with Crippen molar-refractivity contribution in [2.24, 2.45) is 0 Å². The van der Waals surface area contributed by atoms with E-state index in [9.17, 15) is 18.4 Å². The first-order chi connectivity index (χ1) is 13.0. The van der Waals surface area contributed by atoms with Gasteiger partial charge in [-0.25, -0.2) is 13.6 Å². The number of benzene rings is 2. The normalized spacial score (nSPS) is 10.5. The van der Waals surface area contributed by atoms with Gasteiger partial charge in [0.15, 0.2) is 18.1 Å². The van der Waals surface area contributed by atoms with Crippen LogP contribution in [0.15, 0.2) is 42.5 Å². The van der Waals surface area contributed by atoms with Crippen molar-refractivity contribution < 1.29 is 32.6 Å². The van der Waals surface area contributed by atoms with Crippen LogP contribution in [0.1, 0.15) is 5.56 Å². The van der Waals surface area contributed by atoms with Crippen LogP contribution in [0.25, 0.3) is 6.08 Å². The summed E-state index contributed by atoms with van der Waals surface area (Å²) in [5.74, 6) is -2.64. The van der Waals surface area contributed by atoms with Crippen molar-refractivity contribution in [2.45, 2.75) is 0 Å². The molecule has 142 valence electrons. The zero-order chi connectivity index (χ0) is 19.8. The fourth-order valence-electron chi connectivity index (χ4n) is 2.18. The summed E-state index contributed by atoms with van der Waals surface area (Å²) in [6, 6.07) is 8.25. The molecule has 2 aromatic rings. The van der Waals surface area contributed by atoms with Crippen LogP contribution in [0.4, 0.5) is 14.5 Å². The maximum Gasteiger partial charge on any atom is 0.331 e. The van der Waals surface area contributed by atoms with Crippen molar-refractivity contribution in [3.63, 3.8) is 0 Å². The standard InChI is InChI=1S/C19H17F2NO5/c1-25-15-8-3-5-12(19(15)26-2)9-10-17(24)27-11-16(23)22-18-13(20)6-4-7-14(18)21/h3-10H,11H2,1-2H3,(H,22,23)/b10-9+. The summed E-state index contributed by atoms with van der Waals surface area (Å²) in [6.45, 7) is -0.702. The Kier molecular flexibility index (Phi) is 6.87. The van der Waals surface area contributed by atoms with Crippen molar-refractivity contribution in [1.82, 2.24) is 0 Å². The Morgan fingerprint density at radius 3 is 2.33 bits per heavy atom. The van der Waals surface area contributed by atoms with Gasteiger partial charge in [0.25, 0.3) is 5.91 Å². The van der Waals surface area contributed by atoms with Gasteiger partial charge in [-0.3, -0.25) is 4.79 Å². The van der Waals surface area contributed by atoms with E-state index in [2.05, 4.69) is 0 Å². The number of hydrogen-bond donors (Lipinski definition) is 1. The molecule has 8 heteroatoms. The minimum Gasteiger partial charge on any atom is -0.493 e. The van der Waals surface area contributed by atoms with Gasteiger partial charge in [-0.2, -0.15) is 0 Å². The first kappa shape index (κ1) is 19.9. The molecule has 6 nitrogen and oxygen atoms in total. The maximum atomic E-state index is 13.5. The quantitative estimate of drug-likeness (QED) is 0.593. The smallest absolute Gasteiger partial charge is 0.331 e. The van der Waals surface area contributed by atoms with Gasteiger partial charge in [0.2, 0.25) is 0 Å². The van der Waals surface area contributed by atoms with Crippen LogP contribution in [0.5, 0.6) is 11.5 Å². The number of halogens is 2. The molecule has 0 saturated carbocycles. The molecule has 2 rings (SSSR count). The lowest BCUT2D eigenvalue weighted by atomic mass is 10.1. The molecule has 0 aliphatic heterocycles. The largest absolute Gasteiger partial charge is 0.493 e. The molecule has 0 heterocycles. The topological polar surface area (TPSA) is 73.9 Å². The van der Waals surface area contributed by atoms with E-state index in [-0.39, 0.29) is 0 Å². The number of ether oxygens (including phenoxy) is 3. The average Bonchev–Trinajstić information content (AvgIpc) is 2.67. The van der Waals surface area contributed by atoms with Crippen molar-refractivity contribution >= 4 is 23.6 Å². The minimum atomic E-state index is -0.931. The Labute approximate surface area is 154 Å². The number of hydrogen-bond acceptors (Lipinski definition) is 5. The van der Waals surface area contributed by atoms with Gasteiger partial charge in [0.1, 0.15) is 17.3 Å². The molecule has 0 aliphatic rings. The fourth-order valence-corrected chi connectivity index (χ4v) is 2.18. The second-order valence-electron chi connectivity index (χ2n) is 5.17. The lowest BCUT2D eigenvalue weighted by molar-refractivity contribution is -0.142. The molecule has 0 aromatic heterocycles. The van der Waals surface area contributed by atoms with Crippen LogP contribution in [-0.4, -0.2) is 32.7 Å². The van der Waals surface area contributed by atoms with Gasteiger partial charge >= 0.3 is 5.97 Å². The van der Waals surface area contributed by atoms with Gasteiger partial charge < -0.3 is 19.5 Å². The molecule has 2 aromatic carbocycles. The number of carbonyl (C=O) groups excluding carboxylic acids is 2. The van der Waals surface area contributed by atoms with Crippen molar-refractivity contribution in [3.05, 3.63) is 59.7 Å². The number of amides is 1.